The fraction of sp³-hybridized carbons (Fsp3) is 0.568. The molecule has 0 aromatic carbocycles. The number of ether oxygens (including phenoxy) is 14. The molecule has 44 heteroatoms. The molecule has 0 saturated heterocycles. The van der Waals surface area contributed by atoms with Gasteiger partial charge in [-0.05, 0) is 114 Å². The molecule has 0 aromatic heterocycles. The second-order valence-electron chi connectivity index (χ2n) is 26.4. The van der Waals surface area contributed by atoms with E-state index in [1.807, 2.05) is 46.4 Å². The molecule has 0 spiro atoms. The number of hydrogen-bond acceptors (Lipinski definition) is 44. The Labute approximate surface area is 837 Å². The summed E-state index contributed by atoms with van der Waals surface area (Å²) >= 11 is 0. The van der Waals surface area contributed by atoms with Gasteiger partial charge in [0.05, 0.1) is 39.3 Å². The second-order valence-corrected chi connectivity index (χ2v) is 46.4. The smallest absolute Gasteiger partial charge is 0.330 e. The molecule has 0 aromatic rings. The number of carbonyl (C=O) groups excluding carboxylic acids is 14. The van der Waals surface area contributed by atoms with Crippen molar-refractivity contribution in [2.24, 2.45) is 0 Å². The molecule has 132 heavy (non-hydrogen) atoms. The SMILES string of the molecule is C=CC(=O)OC(C)C(C)SSC(C)C(C)OC(=O)C=C.C=CC(=O)OC(C)CSSCC(C)OC(=O)C=C.C=CC(=O)OCCC(C)(C)SSC(C)(C)CCOC(=O)C=C.C=CC(=O)OCCCSSCCCOC(=O)C=C.C=CC(=O)OCCSSCCOC(=O)C=C.C=CC(=O)OCCSSCCOC(=O)CCN(CCCCO)CCC(=O)OCCSSCCOC(=O)C=C. The van der Waals surface area contributed by atoms with Crippen LogP contribution in [0, 0.1) is 0 Å². The Bertz CT molecular complexity index is 3170. The molecular weight excluding hydrogens is 1980 g/mol. The zero-order valence-corrected chi connectivity index (χ0v) is 89.0. The summed E-state index contributed by atoms with van der Waals surface area (Å²) in [6.45, 7) is 64.8. The summed E-state index contributed by atoms with van der Waals surface area (Å²) in [4.78, 5) is 157. The average molecular weight is 2120 g/mol. The maximum atomic E-state index is 12.1. The summed E-state index contributed by atoms with van der Waals surface area (Å²) < 4.78 is 69.7. The Hall–Kier alpha value is -5.72. The minimum atomic E-state index is -0.445. The monoisotopic (exact) mass is 2120 g/mol. The minimum Gasteiger partial charge on any atom is -0.465 e. The van der Waals surface area contributed by atoms with E-state index in [0.717, 1.165) is 104 Å². The third kappa shape index (κ3) is 102. The highest BCUT2D eigenvalue weighted by atomic mass is 33.1. The predicted octanol–water partition coefficient (Wildman–Crippen LogP) is 17.7. The molecule has 30 nitrogen and oxygen atoms in total. The molecule has 0 heterocycles. The largest absolute Gasteiger partial charge is 0.465 e. The number of rotatable bonds is 75. The van der Waals surface area contributed by atoms with E-state index in [2.05, 4.69) is 107 Å². The van der Waals surface area contributed by atoms with E-state index in [-0.39, 0.29) is 101 Å². The molecule has 6 unspecified atom stereocenters. The third-order valence-corrected chi connectivity index (χ3v) is 34.5. The summed E-state index contributed by atoms with van der Waals surface area (Å²) in [5, 5.41) is 9.28. The lowest BCUT2D eigenvalue weighted by Gasteiger charge is -2.29. The summed E-state index contributed by atoms with van der Waals surface area (Å²) in [7, 11) is 22.5. The minimum absolute atomic E-state index is 0.0266. The lowest BCUT2D eigenvalue weighted by atomic mass is 10.1. The maximum absolute atomic E-state index is 12.1. The van der Waals surface area contributed by atoms with Crippen LogP contribution < -0.4 is 0 Å². The topological polar surface area (TPSA) is 392 Å². The van der Waals surface area contributed by atoms with Crippen LogP contribution in [0.2, 0.25) is 0 Å². The lowest BCUT2D eigenvalue weighted by molar-refractivity contribution is -0.144. The van der Waals surface area contributed by atoms with Crippen molar-refractivity contribution in [1.29, 1.82) is 0 Å². The first-order valence-corrected chi connectivity index (χ1v) is 57.8. The van der Waals surface area contributed by atoms with Gasteiger partial charge < -0.3 is 76.3 Å². The van der Waals surface area contributed by atoms with Gasteiger partial charge >= 0.3 is 83.6 Å². The first kappa shape index (κ1) is 137. The maximum Gasteiger partial charge on any atom is 0.330 e. The highest BCUT2D eigenvalue weighted by Gasteiger charge is 2.28. The highest BCUT2D eigenvalue weighted by molar-refractivity contribution is 8.78. The van der Waals surface area contributed by atoms with Crippen molar-refractivity contribution in [3.8, 4) is 0 Å². The van der Waals surface area contributed by atoms with Crippen LogP contribution in [0.3, 0.4) is 0 Å². The van der Waals surface area contributed by atoms with E-state index in [4.69, 9.17) is 71.4 Å². The van der Waals surface area contributed by atoms with E-state index in [1.165, 1.54) is 55.3 Å². The van der Waals surface area contributed by atoms with Crippen LogP contribution in [0.4, 0.5) is 0 Å². The van der Waals surface area contributed by atoms with Crippen molar-refractivity contribution in [1.82, 2.24) is 4.90 Å². The first-order chi connectivity index (χ1) is 62.7. The Morgan fingerprint density at radius 2 is 0.523 bits per heavy atom. The van der Waals surface area contributed by atoms with Crippen molar-refractivity contribution in [2.75, 3.05) is 150 Å². The molecule has 0 fully saturated rings. The average Bonchev–Trinajstić information content (AvgIpc) is 0.889. The summed E-state index contributed by atoms with van der Waals surface area (Å²) in [6.07, 6.45) is 18.0. The van der Waals surface area contributed by atoms with Crippen LogP contribution in [0.5, 0.6) is 0 Å². The van der Waals surface area contributed by atoms with E-state index >= 15 is 0 Å². The van der Waals surface area contributed by atoms with Gasteiger partial charge in [-0.15, -0.1) is 0 Å². The van der Waals surface area contributed by atoms with E-state index in [0.29, 0.717) is 125 Å². The van der Waals surface area contributed by atoms with Gasteiger partial charge in [0, 0.05) is 170 Å². The van der Waals surface area contributed by atoms with Gasteiger partial charge in [0.1, 0.15) is 64.1 Å². The molecule has 0 amide bonds. The number of hydrogen-bond donors (Lipinski definition) is 1. The van der Waals surface area contributed by atoms with Gasteiger partial charge in [0.15, 0.2) is 0 Å². The van der Waals surface area contributed by atoms with E-state index < -0.39 is 59.7 Å². The fourth-order valence-electron chi connectivity index (χ4n) is 6.97. The van der Waals surface area contributed by atoms with Crippen molar-refractivity contribution in [3.05, 3.63) is 152 Å². The van der Waals surface area contributed by atoms with Gasteiger partial charge in [-0.3, -0.25) is 9.59 Å². The standard InChI is InChI=1S/C24H39NO9S4.C16H26O4S2.C14H22O4S2.2C12H18O4S2.C10H14O4S2/c1-3-21(27)31-13-17-35-37-19-15-33-23(29)7-10-25(9-5-6-12-26)11-8-24(30)34-16-20-38-36-18-14-32-22(28)4-2;1-7-13(17)19-11-9-15(3,4)21-22-16(5,6)10-12-20-14(18)8-2;1-7-13(15)17-9(3)11(5)19-20-12(6)10(4)18-14(16)8-2;1-5-11(13)15-9(3)7-17-18-8-10(4)16-12(14)6-2;1-3-11(13)15-7-5-9-17-18-10-6-8-16-12(14)4-2;1-3-9(11)13-5-7-15-16-8-6-14-10(12)4-2/h3-4,26H,1-2,5-20H2;7-8H,1-2,9-12H2,3-6H3;7-12H,1-2H2,3-6H3;5-6,9-10H,1-2,7-8H2,3-4H3;3-4H,1-2,5-10H2;3-4H,1-2,5-8H2. The number of aliphatic hydroxyl groups is 1. The number of unbranched alkanes of at least 4 members (excludes halogenated alkanes) is 1. The van der Waals surface area contributed by atoms with Crippen molar-refractivity contribution in [3.63, 3.8) is 0 Å². The Morgan fingerprint density at radius 1 is 0.288 bits per heavy atom. The molecule has 6 atom stereocenters. The van der Waals surface area contributed by atoms with Crippen molar-refractivity contribution in [2.45, 2.75) is 165 Å². The molecule has 1 N–H and O–H groups in total. The van der Waals surface area contributed by atoms with Gasteiger partial charge in [-0.1, -0.05) is 230 Å². The Balaban J connectivity index is -0.000000372. The molecule has 0 saturated carbocycles. The first-order valence-electron chi connectivity index (χ1n) is 41.0. The number of carbonyl (C=O) groups is 14. The van der Waals surface area contributed by atoms with Crippen LogP contribution in [-0.2, 0) is 133 Å². The zero-order chi connectivity index (χ0) is 101. The molecule has 0 radical (unpaired) electrons. The third-order valence-electron chi connectivity index (χ3n) is 14.2. The van der Waals surface area contributed by atoms with Gasteiger partial charge in [-0.25, -0.2) is 57.5 Å². The lowest BCUT2D eigenvalue weighted by Crippen LogP contribution is -2.31. The molecule has 0 aliphatic carbocycles. The van der Waals surface area contributed by atoms with E-state index in [9.17, 15) is 67.1 Å². The van der Waals surface area contributed by atoms with Crippen LogP contribution in [0.1, 0.15) is 121 Å². The summed E-state index contributed by atoms with van der Waals surface area (Å²) in [5.74, 6) is 1.55. The molecule has 0 aliphatic rings. The highest BCUT2D eigenvalue weighted by Crippen LogP contribution is 2.46. The van der Waals surface area contributed by atoms with E-state index in [1.54, 1.807) is 108 Å². The second kappa shape index (κ2) is 96.9. The van der Waals surface area contributed by atoms with Gasteiger partial charge in [0.2, 0.25) is 0 Å². The van der Waals surface area contributed by atoms with Crippen molar-refractivity contribution >= 4 is 235 Å². The number of esters is 14. The number of nitrogens with zero attached hydrogens (tertiary/aromatic N) is 1. The Kier molecular flexibility index (Phi) is 101. The van der Waals surface area contributed by atoms with Crippen LogP contribution in [0.15, 0.2) is 152 Å². The summed E-state index contributed by atoms with van der Waals surface area (Å²) in [5.41, 5.74) is 0. The molecule has 0 bridgehead atoms. The molecule has 752 valence electrons. The van der Waals surface area contributed by atoms with Crippen molar-refractivity contribution < 1.29 is 139 Å². The predicted molar refractivity (Wildman–Crippen MR) is 557 cm³/mol. The summed E-state index contributed by atoms with van der Waals surface area (Å²) in [6, 6.07) is 0. The molecular formula is C88H137NO29S14. The fourth-order valence-corrected chi connectivity index (χ4v) is 21.9. The molecule has 0 rings (SSSR count). The quantitative estimate of drug-likeness (QED) is 0.0194. The molecule has 0 aliphatic heterocycles. The van der Waals surface area contributed by atoms with Gasteiger partial charge in [-0.2, -0.15) is 0 Å². The Morgan fingerprint density at radius 3 is 0.780 bits per heavy atom. The van der Waals surface area contributed by atoms with Crippen LogP contribution in [0.25, 0.3) is 0 Å². The van der Waals surface area contributed by atoms with Crippen LogP contribution >= 0.6 is 151 Å². The van der Waals surface area contributed by atoms with Gasteiger partial charge in [0.25, 0.3) is 0 Å². The number of aliphatic hydroxyl groups excluding tert-OH is 1. The zero-order valence-electron chi connectivity index (χ0n) is 77.5. The normalized spacial score (nSPS) is 11.7. The van der Waals surface area contributed by atoms with Crippen LogP contribution in [-0.4, -0.2) is 288 Å².